The summed E-state index contributed by atoms with van der Waals surface area (Å²) in [6.07, 6.45) is 3.25. The summed E-state index contributed by atoms with van der Waals surface area (Å²) in [6, 6.07) is 20.2. The van der Waals surface area contributed by atoms with Crippen LogP contribution >= 0.6 is 34.5 Å². The topological polar surface area (TPSA) is 94.6 Å². The summed E-state index contributed by atoms with van der Waals surface area (Å²) in [5, 5.41) is 11.2. The molecule has 0 bridgehead atoms. The van der Waals surface area contributed by atoms with Gasteiger partial charge >= 0.3 is 5.97 Å². The van der Waals surface area contributed by atoms with Gasteiger partial charge in [-0.3, -0.25) is 0 Å². The first kappa shape index (κ1) is 26.9. The van der Waals surface area contributed by atoms with Crippen LogP contribution in [0, 0.1) is 11.3 Å². The third kappa shape index (κ3) is 5.41. The number of hydrogen-bond acceptors (Lipinski definition) is 7. The Morgan fingerprint density at radius 3 is 2.59 bits per heavy atom. The summed E-state index contributed by atoms with van der Waals surface area (Å²) in [5.41, 5.74) is 8.04. The van der Waals surface area contributed by atoms with Crippen molar-refractivity contribution in [2.24, 2.45) is 5.73 Å². The van der Waals surface area contributed by atoms with Gasteiger partial charge in [0.15, 0.2) is 0 Å². The number of carbonyl (C=O) groups is 1. The van der Waals surface area contributed by atoms with Crippen LogP contribution in [-0.2, 0) is 0 Å². The summed E-state index contributed by atoms with van der Waals surface area (Å²) in [7, 11) is 0. The summed E-state index contributed by atoms with van der Waals surface area (Å²) in [5.74, 6) is 0.354. The Kier molecular flexibility index (Phi) is 7.99. The number of fused-ring (bicyclic) bond motifs is 2. The smallest absolute Gasteiger partial charge is 0.355 e. The van der Waals surface area contributed by atoms with Gasteiger partial charge in [0, 0.05) is 21.7 Å². The molecule has 0 radical (unpaired) electrons. The van der Waals surface area contributed by atoms with Crippen LogP contribution in [0.5, 0.6) is 17.2 Å². The van der Waals surface area contributed by atoms with E-state index in [2.05, 4.69) is 13.0 Å². The number of nitriles is 1. The first-order valence-electron chi connectivity index (χ1n) is 12.4. The SMILES string of the molecule is CCCCCOc1ccc(C2C(C#N)=C(N)Oc3cc(OC(=O)c4sc5cccc(Cl)c5c4Cl)ccc32)cc1. The van der Waals surface area contributed by atoms with Gasteiger partial charge in [-0.25, -0.2) is 4.79 Å². The Labute approximate surface area is 240 Å². The molecule has 6 nitrogen and oxygen atoms in total. The molecular weight excluding hydrogens is 555 g/mol. The van der Waals surface area contributed by atoms with Gasteiger partial charge < -0.3 is 19.9 Å². The van der Waals surface area contributed by atoms with Gasteiger partial charge in [-0.2, -0.15) is 5.26 Å². The van der Waals surface area contributed by atoms with Crippen LogP contribution in [0.3, 0.4) is 0 Å². The van der Waals surface area contributed by atoms with Crippen molar-refractivity contribution in [3.05, 3.63) is 98.2 Å². The first-order chi connectivity index (χ1) is 18.9. The maximum absolute atomic E-state index is 13.0. The molecule has 2 heterocycles. The van der Waals surface area contributed by atoms with E-state index >= 15 is 0 Å². The second-order valence-corrected chi connectivity index (χ2v) is 10.8. The quantitative estimate of drug-likeness (QED) is 0.128. The lowest BCUT2D eigenvalue weighted by atomic mass is 9.83. The van der Waals surface area contributed by atoms with Gasteiger partial charge in [-0.15, -0.1) is 11.3 Å². The predicted octanol–water partition coefficient (Wildman–Crippen LogP) is 8.21. The van der Waals surface area contributed by atoms with E-state index in [9.17, 15) is 10.1 Å². The Balaban J connectivity index is 1.40. The Morgan fingerprint density at radius 1 is 1.10 bits per heavy atom. The molecule has 2 N–H and O–H groups in total. The van der Waals surface area contributed by atoms with Gasteiger partial charge in [0.1, 0.15) is 33.8 Å². The molecule has 39 heavy (non-hydrogen) atoms. The summed E-state index contributed by atoms with van der Waals surface area (Å²) >= 11 is 13.9. The fourth-order valence-corrected chi connectivity index (χ4v) is 6.32. The van der Waals surface area contributed by atoms with Gasteiger partial charge in [-0.05, 0) is 42.3 Å². The fraction of sp³-hybridized carbons (Fsp3) is 0.200. The molecule has 5 rings (SSSR count). The molecule has 1 atom stereocenters. The Hall–Kier alpha value is -3.70. The van der Waals surface area contributed by atoms with Gasteiger partial charge in [0.2, 0.25) is 5.88 Å². The molecule has 0 fully saturated rings. The lowest BCUT2D eigenvalue weighted by molar-refractivity contribution is 0.0740. The second kappa shape index (κ2) is 11.6. The highest BCUT2D eigenvalue weighted by atomic mass is 35.5. The van der Waals surface area contributed by atoms with Crippen LogP contribution in [0.1, 0.15) is 52.9 Å². The number of rotatable bonds is 8. The number of nitrogens with two attached hydrogens (primary N) is 1. The summed E-state index contributed by atoms with van der Waals surface area (Å²) < 4.78 is 18.0. The molecule has 0 saturated heterocycles. The Bertz CT molecular complexity index is 1620. The highest BCUT2D eigenvalue weighted by Gasteiger charge is 2.31. The van der Waals surface area contributed by atoms with E-state index in [-0.39, 0.29) is 21.5 Å². The summed E-state index contributed by atoms with van der Waals surface area (Å²) in [6.45, 7) is 2.81. The highest BCUT2D eigenvalue weighted by Crippen LogP contribution is 2.44. The van der Waals surface area contributed by atoms with E-state index in [1.54, 1.807) is 30.3 Å². The lowest BCUT2D eigenvalue weighted by Crippen LogP contribution is -2.21. The average Bonchev–Trinajstić information content (AvgIpc) is 3.28. The molecule has 0 spiro atoms. The van der Waals surface area contributed by atoms with Crippen LogP contribution in [-0.4, -0.2) is 12.6 Å². The number of carbonyl (C=O) groups excluding carboxylic acids is 1. The third-order valence-electron chi connectivity index (χ3n) is 6.42. The maximum atomic E-state index is 13.0. The fourth-order valence-electron chi connectivity index (χ4n) is 4.50. The average molecular weight is 580 g/mol. The number of allylic oxidation sites excluding steroid dienone is 1. The number of hydrogen-bond donors (Lipinski definition) is 1. The van der Waals surface area contributed by atoms with E-state index < -0.39 is 11.9 Å². The van der Waals surface area contributed by atoms with Crippen molar-refractivity contribution in [3.8, 4) is 23.3 Å². The van der Waals surface area contributed by atoms with Crippen LogP contribution < -0.4 is 19.9 Å². The molecule has 0 saturated carbocycles. The van der Waals surface area contributed by atoms with Crippen molar-refractivity contribution >= 4 is 50.6 Å². The molecule has 0 amide bonds. The van der Waals surface area contributed by atoms with Crippen molar-refractivity contribution in [3.63, 3.8) is 0 Å². The van der Waals surface area contributed by atoms with E-state index in [0.717, 1.165) is 40.8 Å². The largest absolute Gasteiger partial charge is 0.494 e. The van der Waals surface area contributed by atoms with Crippen molar-refractivity contribution in [1.82, 2.24) is 0 Å². The van der Waals surface area contributed by atoms with Gasteiger partial charge in [0.05, 0.1) is 22.6 Å². The molecular formula is C30H24Cl2N2O4S. The molecule has 1 aromatic heterocycles. The van der Waals surface area contributed by atoms with E-state index in [0.29, 0.717) is 28.3 Å². The molecule has 198 valence electrons. The molecule has 1 unspecified atom stereocenters. The summed E-state index contributed by atoms with van der Waals surface area (Å²) in [4.78, 5) is 13.3. The Morgan fingerprint density at radius 2 is 1.87 bits per heavy atom. The third-order valence-corrected chi connectivity index (χ3v) is 8.36. The molecule has 1 aliphatic rings. The zero-order valence-electron chi connectivity index (χ0n) is 21.0. The van der Waals surface area contributed by atoms with E-state index in [1.165, 1.54) is 11.3 Å². The highest BCUT2D eigenvalue weighted by molar-refractivity contribution is 7.21. The van der Waals surface area contributed by atoms with Gasteiger partial charge in [-0.1, -0.05) is 67.2 Å². The number of benzene rings is 3. The van der Waals surface area contributed by atoms with Crippen LogP contribution in [0.2, 0.25) is 10.0 Å². The van der Waals surface area contributed by atoms with E-state index in [1.807, 2.05) is 30.3 Å². The van der Waals surface area contributed by atoms with Crippen molar-refractivity contribution in [2.75, 3.05) is 6.61 Å². The first-order valence-corrected chi connectivity index (χ1v) is 14.0. The van der Waals surface area contributed by atoms with Crippen LogP contribution in [0.15, 0.2) is 72.1 Å². The number of esters is 1. The van der Waals surface area contributed by atoms with Crippen LogP contribution in [0.25, 0.3) is 10.1 Å². The zero-order valence-corrected chi connectivity index (χ0v) is 23.3. The van der Waals surface area contributed by atoms with E-state index in [4.69, 9.17) is 43.1 Å². The molecule has 0 aliphatic carbocycles. The monoisotopic (exact) mass is 578 g/mol. The molecule has 1 aliphatic heterocycles. The molecule has 3 aromatic carbocycles. The number of ether oxygens (including phenoxy) is 3. The molecule has 4 aromatic rings. The van der Waals surface area contributed by atoms with Gasteiger partial charge in [0.25, 0.3) is 0 Å². The predicted molar refractivity (Wildman–Crippen MR) is 154 cm³/mol. The standard InChI is InChI=1S/C30H24Cl2N2O4S/c1-2-3-4-14-36-18-10-8-17(9-11-18)25-20-13-12-19(15-23(20)38-29(34)21(25)16-33)37-30(35)28-27(32)26-22(31)6-5-7-24(26)39-28/h5-13,15,25H,2-4,14,34H2,1H3. The second-order valence-electron chi connectivity index (χ2n) is 9.00. The zero-order chi connectivity index (χ0) is 27.5. The number of halogens is 2. The maximum Gasteiger partial charge on any atom is 0.355 e. The number of unbranched alkanes of at least 4 members (excludes halogenated alkanes) is 2. The minimum atomic E-state index is -0.611. The minimum Gasteiger partial charge on any atom is -0.494 e. The van der Waals surface area contributed by atoms with Crippen molar-refractivity contribution < 1.29 is 19.0 Å². The number of thiophene rings is 1. The lowest BCUT2D eigenvalue weighted by Gasteiger charge is -2.26. The number of nitrogens with zero attached hydrogens (tertiary/aromatic N) is 1. The van der Waals surface area contributed by atoms with Crippen molar-refractivity contribution in [2.45, 2.75) is 32.1 Å². The molecule has 9 heteroatoms. The normalized spacial score (nSPS) is 14.5. The van der Waals surface area contributed by atoms with Crippen LogP contribution in [0.4, 0.5) is 0 Å². The minimum absolute atomic E-state index is 0.000520. The van der Waals surface area contributed by atoms with Crippen molar-refractivity contribution in [1.29, 1.82) is 5.26 Å².